The lowest BCUT2D eigenvalue weighted by atomic mass is 9.99. The highest BCUT2D eigenvalue weighted by molar-refractivity contribution is 7.20. The molecule has 0 radical (unpaired) electrons. The molecule has 2 aromatic heterocycles. The lowest BCUT2D eigenvalue weighted by Gasteiger charge is -2.26. The number of rotatable bonds is 5. The third-order valence-electron chi connectivity index (χ3n) is 5.11. The number of ether oxygens (including phenoxy) is 2. The topological polar surface area (TPSA) is 64.6 Å². The smallest absolute Gasteiger partial charge is 0.264 e. The lowest BCUT2D eigenvalue weighted by molar-refractivity contribution is 0.0777. The van der Waals surface area contributed by atoms with Crippen LogP contribution in [0.25, 0.3) is 15.8 Å². The maximum atomic E-state index is 13.2. The van der Waals surface area contributed by atoms with Gasteiger partial charge in [-0.3, -0.25) is 4.79 Å². The molecule has 6 nitrogen and oxygen atoms in total. The number of carbonyl (C=O) groups is 1. The van der Waals surface area contributed by atoms with Crippen LogP contribution >= 0.6 is 11.3 Å². The van der Waals surface area contributed by atoms with Crippen LogP contribution in [0.2, 0.25) is 0 Å². The molecule has 0 bridgehead atoms. The Balaban J connectivity index is 1.62. The second-order valence-corrected chi connectivity index (χ2v) is 7.91. The quantitative estimate of drug-likeness (QED) is 0.635. The number of nitrogens with zero attached hydrogens (tertiary/aromatic N) is 3. The molecule has 3 aromatic rings. The van der Waals surface area contributed by atoms with Crippen molar-refractivity contribution in [3.05, 3.63) is 58.2 Å². The maximum absolute atomic E-state index is 13.2. The molecule has 29 heavy (non-hydrogen) atoms. The Kier molecular flexibility index (Phi) is 5.60. The predicted molar refractivity (Wildman–Crippen MR) is 114 cm³/mol. The van der Waals surface area contributed by atoms with Gasteiger partial charge in [-0.05, 0) is 30.0 Å². The molecule has 7 heteroatoms. The van der Waals surface area contributed by atoms with E-state index in [0.29, 0.717) is 36.3 Å². The third-order valence-corrected chi connectivity index (χ3v) is 6.28. The summed E-state index contributed by atoms with van der Waals surface area (Å²) >= 11 is 1.39. The fourth-order valence-corrected chi connectivity index (χ4v) is 4.76. The van der Waals surface area contributed by atoms with E-state index in [1.807, 2.05) is 30.0 Å². The Morgan fingerprint density at radius 1 is 1.21 bits per heavy atom. The van der Waals surface area contributed by atoms with Gasteiger partial charge in [0.25, 0.3) is 5.91 Å². The molecule has 1 aliphatic rings. The van der Waals surface area contributed by atoms with Crippen LogP contribution in [-0.4, -0.2) is 48.1 Å². The minimum Gasteiger partial charge on any atom is -0.480 e. The van der Waals surface area contributed by atoms with Crippen LogP contribution in [0.1, 0.15) is 33.0 Å². The van der Waals surface area contributed by atoms with Crippen LogP contribution < -0.4 is 4.74 Å². The molecule has 0 unspecified atom stereocenters. The number of aryl methyl sites for hydroxylation is 1. The Labute approximate surface area is 173 Å². The minimum absolute atomic E-state index is 0.0317. The summed E-state index contributed by atoms with van der Waals surface area (Å²) in [6, 6.07) is 10.3. The molecule has 0 fully saturated rings. The lowest BCUT2D eigenvalue weighted by Crippen LogP contribution is -2.34. The van der Waals surface area contributed by atoms with Gasteiger partial charge in [-0.25, -0.2) is 4.98 Å². The zero-order valence-electron chi connectivity index (χ0n) is 16.8. The number of amides is 1. The predicted octanol–water partition coefficient (Wildman–Crippen LogP) is 4.08. The van der Waals surface area contributed by atoms with Crippen molar-refractivity contribution in [3.8, 4) is 5.88 Å². The second kappa shape index (κ2) is 8.31. The first-order valence-corrected chi connectivity index (χ1v) is 10.3. The summed E-state index contributed by atoms with van der Waals surface area (Å²) in [7, 11) is 3.18. The van der Waals surface area contributed by atoms with E-state index in [0.717, 1.165) is 22.2 Å². The largest absolute Gasteiger partial charge is 0.480 e. The molecular weight excluding hydrogens is 386 g/mol. The maximum Gasteiger partial charge on any atom is 0.264 e. The molecule has 1 amide bonds. The first-order valence-electron chi connectivity index (χ1n) is 9.49. The molecule has 1 aromatic carbocycles. The summed E-state index contributed by atoms with van der Waals surface area (Å²) in [6.07, 6.45) is 3.00. The number of carbonyl (C=O) groups excluding carboxylic acids is 1. The number of thiophene rings is 1. The number of hydrogen-bond acceptors (Lipinski definition) is 6. The highest BCUT2D eigenvalue weighted by atomic mass is 32.1. The molecule has 0 saturated heterocycles. The Hall–Kier alpha value is -2.77. The zero-order valence-corrected chi connectivity index (χ0v) is 17.6. The van der Waals surface area contributed by atoms with E-state index in [1.165, 1.54) is 22.5 Å². The second-order valence-electron chi connectivity index (χ2n) is 6.92. The van der Waals surface area contributed by atoms with E-state index in [4.69, 9.17) is 9.47 Å². The molecule has 3 heterocycles. The molecule has 0 aliphatic carbocycles. The summed E-state index contributed by atoms with van der Waals surface area (Å²) < 4.78 is 10.6. The van der Waals surface area contributed by atoms with Crippen LogP contribution in [0.5, 0.6) is 5.88 Å². The number of methoxy groups -OCH3 is 2. The van der Waals surface area contributed by atoms with Crippen LogP contribution in [0, 0.1) is 6.92 Å². The van der Waals surface area contributed by atoms with Gasteiger partial charge in [0.05, 0.1) is 17.4 Å². The van der Waals surface area contributed by atoms with Gasteiger partial charge in [-0.15, -0.1) is 11.3 Å². The van der Waals surface area contributed by atoms with Gasteiger partial charge in [0.2, 0.25) is 5.88 Å². The van der Waals surface area contributed by atoms with Crippen molar-refractivity contribution < 1.29 is 14.3 Å². The summed E-state index contributed by atoms with van der Waals surface area (Å²) in [5, 5.41) is 0.804. The number of hydrogen-bond donors (Lipinski definition) is 0. The van der Waals surface area contributed by atoms with E-state index in [-0.39, 0.29) is 5.91 Å². The van der Waals surface area contributed by atoms with Gasteiger partial charge in [-0.1, -0.05) is 36.4 Å². The Morgan fingerprint density at radius 2 is 2.00 bits per heavy atom. The highest BCUT2D eigenvalue weighted by Gasteiger charge is 2.26. The van der Waals surface area contributed by atoms with Crippen LogP contribution in [-0.2, 0) is 11.3 Å². The normalized spacial score (nSPS) is 14.2. The molecule has 1 aliphatic heterocycles. The molecule has 150 valence electrons. The van der Waals surface area contributed by atoms with Gasteiger partial charge in [-0.2, -0.15) is 4.98 Å². The fraction of sp³-hybridized carbons (Fsp3) is 0.318. The Morgan fingerprint density at radius 3 is 2.66 bits per heavy atom. The van der Waals surface area contributed by atoms with E-state index < -0.39 is 0 Å². The summed E-state index contributed by atoms with van der Waals surface area (Å²) in [4.78, 5) is 25.5. The van der Waals surface area contributed by atoms with Gasteiger partial charge in [0.1, 0.15) is 11.4 Å². The van der Waals surface area contributed by atoms with E-state index in [1.54, 1.807) is 14.2 Å². The van der Waals surface area contributed by atoms with Crippen LogP contribution in [0.15, 0.2) is 36.4 Å². The molecule has 4 rings (SSSR count). The molecule has 0 saturated carbocycles. The third kappa shape index (κ3) is 3.75. The van der Waals surface area contributed by atoms with Crippen molar-refractivity contribution in [3.63, 3.8) is 0 Å². The van der Waals surface area contributed by atoms with E-state index in [2.05, 4.69) is 28.2 Å². The van der Waals surface area contributed by atoms with E-state index in [9.17, 15) is 4.79 Å². The summed E-state index contributed by atoms with van der Waals surface area (Å²) in [5.41, 5.74) is 3.39. The van der Waals surface area contributed by atoms with E-state index >= 15 is 0 Å². The van der Waals surface area contributed by atoms with Crippen molar-refractivity contribution in [2.24, 2.45) is 0 Å². The first kappa shape index (κ1) is 19.5. The van der Waals surface area contributed by atoms with Gasteiger partial charge in [0, 0.05) is 20.2 Å². The zero-order chi connectivity index (χ0) is 20.4. The monoisotopic (exact) mass is 409 g/mol. The standard InChI is InChI=1S/C22H23N3O3S/c1-14-18-20(28-3)23-17(13-27-2)24-21(18)29-19(14)22(26)25-11-9-16(10-12-25)15-7-5-4-6-8-15/h4-9H,10-13H2,1-3H3. The van der Waals surface area contributed by atoms with Crippen molar-refractivity contribution in [2.45, 2.75) is 20.0 Å². The SMILES string of the molecule is COCc1nc(OC)c2c(C)c(C(=O)N3CC=C(c4ccccc4)CC3)sc2n1. The van der Waals surface area contributed by atoms with Gasteiger partial charge in [0.15, 0.2) is 5.82 Å². The number of benzene rings is 1. The molecule has 0 atom stereocenters. The molecule has 0 N–H and O–H groups in total. The van der Waals surface area contributed by atoms with Gasteiger partial charge < -0.3 is 14.4 Å². The average Bonchev–Trinajstić information content (AvgIpc) is 3.10. The fourth-order valence-electron chi connectivity index (χ4n) is 3.60. The number of aromatic nitrogens is 2. The van der Waals surface area contributed by atoms with Crippen LogP contribution in [0.3, 0.4) is 0 Å². The van der Waals surface area contributed by atoms with Crippen molar-refractivity contribution in [1.29, 1.82) is 0 Å². The molecule has 0 spiro atoms. The molecular formula is C22H23N3O3S. The Bertz CT molecular complexity index is 1080. The summed E-state index contributed by atoms with van der Waals surface area (Å²) in [5.74, 6) is 1.06. The average molecular weight is 410 g/mol. The van der Waals surface area contributed by atoms with Crippen molar-refractivity contribution in [1.82, 2.24) is 14.9 Å². The van der Waals surface area contributed by atoms with Gasteiger partial charge >= 0.3 is 0 Å². The van der Waals surface area contributed by atoms with Crippen molar-refractivity contribution >= 4 is 33.0 Å². The minimum atomic E-state index is 0.0317. The van der Waals surface area contributed by atoms with Crippen LogP contribution in [0.4, 0.5) is 0 Å². The highest BCUT2D eigenvalue weighted by Crippen LogP contribution is 2.36. The number of fused-ring (bicyclic) bond motifs is 1. The van der Waals surface area contributed by atoms with Crippen molar-refractivity contribution in [2.75, 3.05) is 27.3 Å². The summed E-state index contributed by atoms with van der Waals surface area (Å²) in [6.45, 7) is 3.54. The first-order chi connectivity index (χ1) is 14.1.